The van der Waals surface area contributed by atoms with Crippen molar-refractivity contribution in [3.8, 4) is 0 Å². The molecule has 0 atom stereocenters. The van der Waals surface area contributed by atoms with E-state index in [0.717, 1.165) is 0 Å². The summed E-state index contributed by atoms with van der Waals surface area (Å²) in [5.74, 6) is 0. The summed E-state index contributed by atoms with van der Waals surface area (Å²) in [7, 11) is 8.56. The summed E-state index contributed by atoms with van der Waals surface area (Å²) >= 11 is 2.05. The molecule has 0 bridgehead atoms. The molecule has 0 aliphatic carbocycles. The zero-order valence-corrected chi connectivity index (χ0v) is 25.9. The van der Waals surface area contributed by atoms with Crippen molar-refractivity contribution >= 4 is 16.1 Å². The number of hydrogen-bond donors (Lipinski definition) is 0. The second kappa shape index (κ2) is 28.0. The molecule has 0 aromatic carbocycles. The van der Waals surface area contributed by atoms with Crippen LogP contribution in [0.4, 0.5) is 0 Å². The van der Waals surface area contributed by atoms with E-state index in [4.69, 9.17) is 0 Å². The zero-order valence-electron chi connectivity index (χ0n) is 22.3. The van der Waals surface area contributed by atoms with Crippen molar-refractivity contribution in [3.05, 3.63) is 61.1 Å². The molecular formula is C23H51N3Si2Ti. The Hall–Kier alpha value is -0.0119. The van der Waals surface area contributed by atoms with Gasteiger partial charge in [0, 0.05) is 0 Å². The van der Waals surface area contributed by atoms with E-state index in [2.05, 4.69) is 130 Å². The Labute approximate surface area is 199 Å². The van der Waals surface area contributed by atoms with Gasteiger partial charge in [-0.15, -0.1) is 0 Å². The molecule has 0 N–H and O–H groups in total. The van der Waals surface area contributed by atoms with Crippen LogP contribution in [0.1, 0.15) is 20.8 Å². The first-order chi connectivity index (χ1) is 13.1. The maximum Gasteiger partial charge on any atom is 0.0686 e. The molecule has 0 unspecified atom stereocenters. The molecule has 0 saturated carbocycles. The van der Waals surface area contributed by atoms with Crippen molar-refractivity contribution < 1.29 is 20.4 Å². The van der Waals surface area contributed by atoms with E-state index in [1.165, 1.54) is 11.1 Å². The van der Waals surface area contributed by atoms with Gasteiger partial charge in [0.2, 0.25) is 0 Å². The quantitative estimate of drug-likeness (QED) is 0.292. The Morgan fingerprint density at radius 2 is 0.862 bits per heavy atom. The van der Waals surface area contributed by atoms with Gasteiger partial charge in [-0.05, 0) is 0 Å². The number of hydrogen-bond acceptors (Lipinski definition) is 0. The molecule has 0 fully saturated rings. The van der Waals surface area contributed by atoms with Crippen molar-refractivity contribution in [1.82, 2.24) is 0 Å². The molecule has 0 aliphatic rings. The van der Waals surface area contributed by atoms with Crippen molar-refractivity contribution in [3.63, 3.8) is 0 Å². The summed E-state index contributed by atoms with van der Waals surface area (Å²) in [4.78, 5) is 0. The summed E-state index contributed by atoms with van der Waals surface area (Å²) < 4.78 is 2.10. The van der Waals surface area contributed by atoms with Crippen LogP contribution in [0.25, 0.3) is 16.0 Å². The second-order valence-electron chi connectivity index (χ2n) is 8.90. The van der Waals surface area contributed by atoms with Crippen molar-refractivity contribution in [2.75, 3.05) is 42.3 Å². The van der Waals surface area contributed by atoms with E-state index in [0.29, 0.717) is 0 Å². The first-order valence-electron chi connectivity index (χ1n) is 9.92. The monoisotopic (exact) mass is 473 g/mol. The molecule has 0 amide bonds. The maximum atomic E-state index is 3.50. The summed E-state index contributed by atoms with van der Waals surface area (Å²) in [6, 6.07) is 0. The minimum atomic E-state index is -0.970. The largest absolute Gasteiger partial charge is 0.668 e. The zero-order chi connectivity index (χ0) is 24.5. The molecule has 170 valence electrons. The van der Waals surface area contributed by atoms with Crippen LogP contribution in [0.5, 0.6) is 0 Å². The van der Waals surface area contributed by atoms with Crippen LogP contribution in [0.15, 0.2) is 45.2 Å². The van der Waals surface area contributed by atoms with E-state index in [1.54, 1.807) is 42.3 Å². The Kier molecular flexibility index (Phi) is 38.1. The van der Waals surface area contributed by atoms with Gasteiger partial charge < -0.3 is 16.0 Å². The standard InChI is InChI=1S/C10H22Si2.C7H11.3C2H6N.Ti/c1-11(2,3)9-7-8-10-12(4,5)6;1-6(2)5-7(3)4;3*1-3-2;/h7-10H,1-6H3;1,5H,2-4H3;3*1-2H3;/q;;3*-1;+3. The van der Waals surface area contributed by atoms with Gasteiger partial charge >= 0.3 is 62.8 Å². The van der Waals surface area contributed by atoms with Crippen LogP contribution in [-0.2, 0) is 20.4 Å². The molecule has 0 aliphatic heterocycles. The smallest absolute Gasteiger partial charge is 0.0686 e. The first kappa shape index (κ1) is 39.5. The third-order valence-corrected chi connectivity index (χ3v) is 5.14. The van der Waals surface area contributed by atoms with E-state index >= 15 is 0 Å². The van der Waals surface area contributed by atoms with Gasteiger partial charge in [0.05, 0.1) is 16.1 Å². The molecular weight excluding hydrogens is 422 g/mol. The molecule has 3 nitrogen and oxygen atoms in total. The van der Waals surface area contributed by atoms with Gasteiger partial charge in [-0.1, -0.05) is 62.8 Å². The van der Waals surface area contributed by atoms with Gasteiger partial charge in [0.25, 0.3) is 0 Å². The Balaban J connectivity index is -0.0000000969. The van der Waals surface area contributed by atoms with E-state index in [-0.39, 0.29) is 0 Å². The van der Waals surface area contributed by atoms with Crippen LogP contribution in [0.2, 0.25) is 39.3 Å². The Morgan fingerprint density at radius 3 is 0.966 bits per heavy atom. The van der Waals surface area contributed by atoms with Crippen LogP contribution in [0.3, 0.4) is 0 Å². The van der Waals surface area contributed by atoms with Crippen LogP contribution >= 0.6 is 0 Å². The molecule has 0 aromatic heterocycles. The molecule has 0 spiro atoms. The Bertz CT molecular complexity index is 400. The topological polar surface area (TPSA) is 42.3 Å². The maximum absolute atomic E-state index is 3.50. The predicted molar refractivity (Wildman–Crippen MR) is 144 cm³/mol. The predicted octanol–water partition coefficient (Wildman–Crippen LogP) is 8.12. The second-order valence-corrected chi connectivity index (χ2v) is 19.5. The van der Waals surface area contributed by atoms with Crippen molar-refractivity contribution in [2.45, 2.75) is 60.1 Å². The summed E-state index contributed by atoms with van der Waals surface area (Å²) in [5.41, 5.74) is 7.46. The minimum Gasteiger partial charge on any atom is -0.668 e. The molecule has 0 rings (SSSR count). The molecule has 0 saturated heterocycles. The van der Waals surface area contributed by atoms with Crippen molar-refractivity contribution in [1.29, 1.82) is 0 Å². The summed E-state index contributed by atoms with van der Waals surface area (Å²) in [5, 5.41) is 10.5. The SMILES string of the molecule is CC(C)=CC(C)=[CH][Ti+3].C[N-]C.C[N-]C.C[N-]C.C[Si](C)(C)C=CC=C[Si](C)(C)C. The van der Waals surface area contributed by atoms with Crippen LogP contribution in [0, 0.1) is 0 Å². The number of nitrogens with zero attached hydrogens (tertiary/aromatic N) is 3. The fourth-order valence-electron chi connectivity index (χ4n) is 1.19. The molecule has 0 radical (unpaired) electrons. The van der Waals surface area contributed by atoms with Crippen LogP contribution in [-0.4, -0.2) is 58.4 Å². The van der Waals surface area contributed by atoms with Crippen molar-refractivity contribution in [2.24, 2.45) is 0 Å². The number of rotatable bonds is 4. The van der Waals surface area contributed by atoms with Gasteiger partial charge in [0.1, 0.15) is 0 Å². The van der Waals surface area contributed by atoms with E-state index in [9.17, 15) is 0 Å². The Morgan fingerprint density at radius 1 is 0.621 bits per heavy atom. The molecule has 29 heavy (non-hydrogen) atoms. The first-order valence-corrected chi connectivity index (χ1v) is 18.0. The normalized spacial score (nSPS) is 11.1. The summed E-state index contributed by atoms with van der Waals surface area (Å²) in [6.07, 6.45) is 6.62. The van der Waals surface area contributed by atoms with Crippen LogP contribution < -0.4 is 0 Å². The fourth-order valence-corrected chi connectivity index (χ4v) is 2.69. The van der Waals surface area contributed by atoms with E-state index < -0.39 is 16.1 Å². The third-order valence-electron chi connectivity index (χ3n) is 2.05. The number of allylic oxidation sites excluding steroid dienone is 5. The van der Waals surface area contributed by atoms with Gasteiger partial charge in [-0.2, -0.15) is 42.3 Å². The fraction of sp³-hybridized carbons (Fsp3) is 0.652. The van der Waals surface area contributed by atoms with Gasteiger partial charge in [0.15, 0.2) is 0 Å². The average Bonchev–Trinajstić information content (AvgIpc) is 2.52. The van der Waals surface area contributed by atoms with E-state index in [1.807, 2.05) is 0 Å². The van der Waals surface area contributed by atoms with Gasteiger partial charge in [-0.3, -0.25) is 0 Å². The minimum absolute atomic E-state index is 0.970. The molecule has 0 aromatic rings. The average molecular weight is 474 g/mol. The van der Waals surface area contributed by atoms with Gasteiger partial charge in [-0.25, -0.2) is 0 Å². The molecule has 0 heterocycles. The third kappa shape index (κ3) is 84.1. The summed E-state index contributed by atoms with van der Waals surface area (Å²) in [6.45, 7) is 20.4. The molecule has 6 heteroatoms.